The van der Waals surface area contributed by atoms with E-state index in [0.717, 1.165) is 16.7 Å². The molecule has 0 aliphatic carbocycles. The highest BCUT2D eigenvalue weighted by molar-refractivity contribution is 6.01. The second-order valence-corrected chi connectivity index (χ2v) is 7.16. The fourth-order valence-corrected chi connectivity index (χ4v) is 3.70. The molecule has 0 unspecified atom stereocenters. The van der Waals surface area contributed by atoms with Crippen LogP contribution in [0.25, 0.3) is 11.1 Å². The average molecular weight is 402 g/mol. The Balaban J connectivity index is 1.99. The number of nitrogens with zero attached hydrogens (tertiary/aromatic N) is 2. The number of aliphatic hydroxyl groups excluding tert-OH is 1. The number of halogens is 2. The van der Waals surface area contributed by atoms with Gasteiger partial charge < -0.3 is 14.8 Å². The summed E-state index contributed by atoms with van der Waals surface area (Å²) >= 11 is 0. The van der Waals surface area contributed by atoms with E-state index in [2.05, 4.69) is 5.16 Å². The summed E-state index contributed by atoms with van der Waals surface area (Å²) in [5.41, 5.74) is 3.68. The van der Waals surface area contributed by atoms with E-state index in [1.807, 2.05) is 26.0 Å². The van der Waals surface area contributed by atoms with Gasteiger partial charge in [0.15, 0.2) is 0 Å². The maximum Gasteiger partial charge on any atom is 0.264 e. The Morgan fingerprint density at radius 1 is 1.28 bits per heavy atom. The molecule has 0 saturated carbocycles. The predicted octanol–water partition coefficient (Wildman–Crippen LogP) is 4.12. The Kier molecular flexibility index (Phi) is 6.27. The minimum atomic E-state index is -2.73. The first kappa shape index (κ1) is 20.9. The van der Waals surface area contributed by atoms with E-state index in [-0.39, 0.29) is 24.3 Å². The molecule has 5 nitrogen and oxygen atoms in total. The number of rotatable bonds is 5. The summed E-state index contributed by atoms with van der Waals surface area (Å²) < 4.78 is 27.7. The van der Waals surface area contributed by atoms with Crippen molar-refractivity contribution in [3.05, 3.63) is 58.7 Å². The number of amides is 1. The number of carbonyl (C=O) groups excluding carboxylic acids is 1. The van der Waals surface area contributed by atoms with Crippen molar-refractivity contribution in [1.29, 1.82) is 0 Å². The second kappa shape index (κ2) is 8.69. The molecule has 1 amide bonds. The van der Waals surface area contributed by atoms with Crippen LogP contribution < -0.4 is 0 Å². The van der Waals surface area contributed by atoms with Crippen molar-refractivity contribution in [2.45, 2.75) is 32.7 Å². The van der Waals surface area contributed by atoms with Gasteiger partial charge >= 0.3 is 0 Å². The molecular formula is C22H24F2N2O3. The van der Waals surface area contributed by atoms with Crippen LogP contribution in [-0.2, 0) is 4.84 Å². The minimum absolute atomic E-state index is 0.159. The quantitative estimate of drug-likeness (QED) is 0.766. The van der Waals surface area contributed by atoms with Gasteiger partial charge in [-0.1, -0.05) is 29.4 Å². The Bertz CT molecular complexity index is 944. The summed E-state index contributed by atoms with van der Waals surface area (Å²) in [6.45, 7) is 3.78. The van der Waals surface area contributed by atoms with Crippen molar-refractivity contribution in [3.63, 3.8) is 0 Å². The highest BCUT2D eigenvalue weighted by Gasteiger charge is 2.34. The van der Waals surface area contributed by atoms with Gasteiger partial charge in [-0.05, 0) is 48.2 Å². The van der Waals surface area contributed by atoms with Crippen LogP contribution in [0, 0.1) is 13.8 Å². The first-order valence-corrected chi connectivity index (χ1v) is 9.36. The van der Waals surface area contributed by atoms with Crippen LogP contribution in [-0.4, -0.2) is 47.9 Å². The lowest BCUT2D eigenvalue weighted by atomic mass is 9.92. The van der Waals surface area contributed by atoms with Crippen LogP contribution in [0.2, 0.25) is 0 Å². The highest BCUT2D eigenvalue weighted by atomic mass is 19.3. The number of hydrogen-bond acceptors (Lipinski definition) is 4. The number of carbonyl (C=O) groups is 1. The van der Waals surface area contributed by atoms with Crippen molar-refractivity contribution in [2.75, 3.05) is 20.3 Å². The first-order chi connectivity index (χ1) is 13.9. The van der Waals surface area contributed by atoms with E-state index < -0.39 is 18.4 Å². The smallest absolute Gasteiger partial charge is 0.264 e. The van der Waals surface area contributed by atoms with Crippen molar-refractivity contribution in [1.82, 2.24) is 4.90 Å². The molecule has 7 heteroatoms. The topological polar surface area (TPSA) is 62.1 Å². The van der Waals surface area contributed by atoms with Gasteiger partial charge in [-0.2, -0.15) is 0 Å². The van der Waals surface area contributed by atoms with Gasteiger partial charge in [-0.25, -0.2) is 8.78 Å². The lowest BCUT2D eigenvalue weighted by Crippen LogP contribution is -2.37. The zero-order valence-electron chi connectivity index (χ0n) is 16.7. The third-order valence-electron chi connectivity index (χ3n) is 5.39. The number of alkyl halides is 2. The van der Waals surface area contributed by atoms with Crippen LogP contribution in [0.15, 0.2) is 41.6 Å². The molecule has 1 saturated heterocycles. The van der Waals surface area contributed by atoms with Gasteiger partial charge in [-0.3, -0.25) is 4.79 Å². The Morgan fingerprint density at radius 3 is 2.69 bits per heavy atom. The Hall–Kier alpha value is -2.80. The van der Waals surface area contributed by atoms with E-state index >= 15 is 0 Å². The summed E-state index contributed by atoms with van der Waals surface area (Å²) in [6.07, 6.45) is -2.34. The third kappa shape index (κ3) is 4.15. The van der Waals surface area contributed by atoms with Gasteiger partial charge in [0.05, 0.1) is 24.9 Å². The molecular weight excluding hydrogens is 378 g/mol. The lowest BCUT2D eigenvalue weighted by molar-refractivity contribution is 0.0679. The molecule has 0 bridgehead atoms. The minimum Gasteiger partial charge on any atom is -0.399 e. The Labute approximate surface area is 168 Å². The average Bonchev–Trinajstić information content (AvgIpc) is 3.12. The molecule has 0 spiro atoms. The predicted molar refractivity (Wildman–Crippen MR) is 107 cm³/mol. The largest absolute Gasteiger partial charge is 0.399 e. The first-order valence-electron chi connectivity index (χ1n) is 9.36. The maximum absolute atomic E-state index is 13.9. The molecule has 3 rings (SSSR count). The normalized spacial score (nSPS) is 18.0. The van der Waals surface area contributed by atoms with Gasteiger partial charge in [0, 0.05) is 17.5 Å². The van der Waals surface area contributed by atoms with Gasteiger partial charge in [0.2, 0.25) is 0 Å². The van der Waals surface area contributed by atoms with Crippen molar-refractivity contribution < 1.29 is 23.5 Å². The lowest BCUT2D eigenvalue weighted by Gasteiger charge is -2.23. The summed E-state index contributed by atoms with van der Waals surface area (Å²) in [6, 6.07) is 9.50. The summed E-state index contributed by atoms with van der Waals surface area (Å²) in [4.78, 5) is 19.2. The molecule has 2 aromatic carbocycles. The SMILES string of the molecule is CO/N=C1\C[C@@H](CO)N(C(=O)c2ccc(-c3cccc(C)c3C)c(C(F)F)c2)C1. The number of hydrogen-bond donors (Lipinski definition) is 1. The highest BCUT2D eigenvalue weighted by Crippen LogP contribution is 2.35. The van der Waals surface area contributed by atoms with Crippen molar-refractivity contribution in [2.24, 2.45) is 5.16 Å². The second-order valence-electron chi connectivity index (χ2n) is 7.16. The number of aliphatic hydroxyl groups is 1. The molecule has 1 aliphatic heterocycles. The zero-order chi connectivity index (χ0) is 21.1. The molecule has 1 heterocycles. The van der Waals surface area contributed by atoms with Crippen LogP contribution in [0.1, 0.15) is 39.9 Å². The number of oxime groups is 1. The fourth-order valence-electron chi connectivity index (χ4n) is 3.70. The van der Waals surface area contributed by atoms with Gasteiger partial charge in [0.1, 0.15) is 7.11 Å². The molecule has 29 heavy (non-hydrogen) atoms. The summed E-state index contributed by atoms with van der Waals surface area (Å²) in [5, 5.41) is 13.5. The van der Waals surface area contributed by atoms with Crippen LogP contribution in [0.5, 0.6) is 0 Å². The molecule has 1 aliphatic rings. The summed E-state index contributed by atoms with van der Waals surface area (Å²) in [7, 11) is 1.41. The maximum atomic E-state index is 13.9. The molecule has 0 aromatic heterocycles. The molecule has 154 valence electrons. The number of likely N-dealkylation sites (tertiary alicyclic amines) is 1. The molecule has 1 fully saturated rings. The van der Waals surface area contributed by atoms with E-state index in [1.54, 1.807) is 18.2 Å². The standard InChI is InChI=1S/C22H24F2N2O3/c1-13-5-4-6-18(14(13)2)19-8-7-15(9-20(19)21(23)24)22(28)26-11-16(25-29-3)10-17(26)12-27/h4-9,17,21,27H,10-12H2,1-3H3/b25-16+/t17-/m0/s1. The molecule has 1 N–H and O–H groups in total. The number of benzene rings is 2. The van der Waals surface area contributed by atoms with E-state index in [1.165, 1.54) is 18.1 Å². The fraction of sp³-hybridized carbons (Fsp3) is 0.364. The van der Waals surface area contributed by atoms with Crippen LogP contribution >= 0.6 is 0 Å². The van der Waals surface area contributed by atoms with Gasteiger partial charge in [0.25, 0.3) is 12.3 Å². The van der Waals surface area contributed by atoms with Crippen LogP contribution in [0.4, 0.5) is 8.78 Å². The van der Waals surface area contributed by atoms with E-state index in [0.29, 0.717) is 17.7 Å². The number of aryl methyl sites for hydroxylation is 1. The molecule has 1 atom stereocenters. The Morgan fingerprint density at radius 2 is 2.03 bits per heavy atom. The van der Waals surface area contributed by atoms with Crippen LogP contribution in [0.3, 0.4) is 0 Å². The van der Waals surface area contributed by atoms with Crippen molar-refractivity contribution in [3.8, 4) is 11.1 Å². The molecule has 0 radical (unpaired) electrons. The van der Waals surface area contributed by atoms with Crippen molar-refractivity contribution >= 4 is 11.6 Å². The zero-order valence-corrected chi connectivity index (χ0v) is 16.7. The molecule has 2 aromatic rings. The third-order valence-corrected chi connectivity index (χ3v) is 5.39. The van der Waals surface area contributed by atoms with E-state index in [4.69, 9.17) is 4.84 Å². The summed E-state index contributed by atoms with van der Waals surface area (Å²) in [5.74, 6) is -0.417. The van der Waals surface area contributed by atoms with E-state index in [9.17, 15) is 18.7 Å². The van der Waals surface area contributed by atoms with Gasteiger partial charge in [-0.15, -0.1) is 0 Å². The monoisotopic (exact) mass is 402 g/mol.